The van der Waals surface area contributed by atoms with Crippen LogP contribution in [0.25, 0.3) is 11.4 Å². The highest BCUT2D eigenvalue weighted by molar-refractivity contribution is 6.06. The molecule has 2 aromatic heterocycles. The van der Waals surface area contributed by atoms with E-state index in [-0.39, 0.29) is 11.1 Å². The standard InChI is InChI=1S/C16H12F2N4O/c1-9-6-10(12(18)7-11(9)17)16(23)21-14-8-20-22-15(14)13-4-2-3-5-19-13/h2-8H,1H3,(H,20,22)(H,21,23). The Balaban J connectivity index is 1.91. The molecule has 2 N–H and O–H groups in total. The Bertz CT molecular complexity index is 862. The number of nitrogens with one attached hydrogen (secondary N) is 2. The number of aromatic amines is 1. The van der Waals surface area contributed by atoms with Crippen molar-refractivity contribution < 1.29 is 13.6 Å². The Morgan fingerprint density at radius 2 is 2.04 bits per heavy atom. The smallest absolute Gasteiger partial charge is 0.258 e. The molecule has 116 valence electrons. The molecule has 0 aliphatic rings. The number of hydrogen-bond donors (Lipinski definition) is 2. The molecule has 1 aromatic carbocycles. The second-order valence-electron chi connectivity index (χ2n) is 4.91. The summed E-state index contributed by atoms with van der Waals surface area (Å²) >= 11 is 0. The van der Waals surface area contributed by atoms with Crippen LogP contribution in [0.5, 0.6) is 0 Å². The maximum atomic E-state index is 13.8. The van der Waals surface area contributed by atoms with Crippen LogP contribution in [0.3, 0.4) is 0 Å². The van der Waals surface area contributed by atoms with Gasteiger partial charge in [0.25, 0.3) is 5.91 Å². The summed E-state index contributed by atoms with van der Waals surface area (Å²) in [5.41, 5.74) is 1.38. The summed E-state index contributed by atoms with van der Waals surface area (Å²) in [6.45, 7) is 1.46. The largest absolute Gasteiger partial charge is 0.319 e. The van der Waals surface area contributed by atoms with Gasteiger partial charge in [-0.25, -0.2) is 8.78 Å². The summed E-state index contributed by atoms with van der Waals surface area (Å²) in [6.07, 6.45) is 3.00. The lowest BCUT2D eigenvalue weighted by atomic mass is 10.1. The summed E-state index contributed by atoms with van der Waals surface area (Å²) < 4.78 is 27.1. The Hall–Kier alpha value is -3.09. The monoisotopic (exact) mass is 314 g/mol. The van der Waals surface area contributed by atoms with E-state index in [0.29, 0.717) is 23.1 Å². The molecule has 0 atom stereocenters. The molecule has 7 heteroatoms. The van der Waals surface area contributed by atoms with Crippen molar-refractivity contribution in [3.05, 3.63) is 65.5 Å². The minimum atomic E-state index is -0.923. The number of anilines is 1. The van der Waals surface area contributed by atoms with E-state index in [1.165, 1.54) is 19.2 Å². The first-order valence-corrected chi connectivity index (χ1v) is 6.78. The number of pyridine rings is 1. The predicted molar refractivity (Wildman–Crippen MR) is 80.9 cm³/mol. The van der Waals surface area contributed by atoms with E-state index >= 15 is 0 Å². The molecule has 3 aromatic rings. The van der Waals surface area contributed by atoms with Crippen molar-refractivity contribution in [2.75, 3.05) is 5.32 Å². The number of halogens is 2. The van der Waals surface area contributed by atoms with Crippen molar-refractivity contribution in [2.45, 2.75) is 6.92 Å². The van der Waals surface area contributed by atoms with E-state index in [1.54, 1.807) is 24.4 Å². The lowest BCUT2D eigenvalue weighted by molar-refractivity contribution is 0.102. The van der Waals surface area contributed by atoms with Gasteiger partial charge in [0.15, 0.2) is 0 Å². The Morgan fingerprint density at radius 3 is 2.78 bits per heavy atom. The van der Waals surface area contributed by atoms with Crippen molar-refractivity contribution in [3.8, 4) is 11.4 Å². The fourth-order valence-corrected chi connectivity index (χ4v) is 2.11. The zero-order valence-corrected chi connectivity index (χ0v) is 12.1. The van der Waals surface area contributed by atoms with E-state index in [1.807, 2.05) is 0 Å². The maximum absolute atomic E-state index is 13.8. The average Bonchev–Trinajstić information content (AvgIpc) is 2.99. The van der Waals surface area contributed by atoms with Gasteiger partial charge in [0.05, 0.1) is 23.1 Å². The van der Waals surface area contributed by atoms with E-state index in [9.17, 15) is 13.6 Å². The number of amides is 1. The first kappa shape index (κ1) is 14.8. The molecule has 2 heterocycles. The third kappa shape index (κ3) is 2.94. The van der Waals surface area contributed by atoms with Crippen LogP contribution in [0.2, 0.25) is 0 Å². The summed E-state index contributed by atoms with van der Waals surface area (Å²) in [5.74, 6) is -2.31. The number of carbonyl (C=O) groups is 1. The molecule has 0 bridgehead atoms. The van der Waals surface area contributed by atoms with Gasteiger partial charge in [-0.3, -0.25) is 14.9 Å². The third-order valence-electron chi connectivity index (χ3n) is 3.30. The molecule has 23 heavy (non-hydrogen) atoms. The average molecular weight is 314 g/mol. The van der Waals surface area contributed by atoms with Gasteiger partial charge >= 0.3 is 0 Å². The Kier molecular flexibility index (Phi) is 3.84. The number of H-pyrrole nitrogens is 1. The molecule has 3 rings (SSSR count). The number of hydrogen-bond acceptors (Lipinski definition) is 3. The van der Waals surface area contributed by atoms with Crippen molar-refractivity contribution in [2.24, 2.45) is 0 Å². The van der Waals surface area contributed by atoms with Crippen LogP contribution in [-0.4, -0.2) is 21.1 Å². The summed E-state index contributed by atoms with van der Waals surface area (Å²) in [4.78, 5) is 16.4. The van der Waals surface area contributed by atoms with Crippen LogP contribution < -0.4 is 5.32 Å². The third-order valence-corrected chi connectivity index (χ3v) is 3.30. The number of aromatic nitrogens is 3. The molecule has 0 aliphatic heterocycles. The first-order chi connectivity index (χ1) is 11.1. The molecule has 5 nitrogen and oxygen atoms in total. The molecule has 0 unspecified atom stereocenters. The minimum absolute atomic E-state index is 0.189. The highest BCUT2D eigenvalue weighted by Gasteiger charge is 2.17. The van der Waals surface area contributed by atoms with E-state index in [2.05, 4.69) is 20.5 Å². The molecule has 0 aliphatic carbocycles. The van der Waals surface area contributed by atoms with Crippen LogP contribution in [0, 0.1) is 18.6 Å². The highest BCUT2D eigenvalue weighted by Crippen LogP contribution is 2.24. The molecule has 1 amide bonds. The number of nitrogens with zero attached hydrogens (tertiary/aromatic N) is 2. The number of rotatable bonds is 3. The molecule has 0 spiro atoms. The molecule has 0 saturated carbocycles. The zero-order chi connectivity index (χ0) is 16.4. The SMILES string of the molecule is Cc1cc(C(=O)Nc2cn[nH]c2-c2ccccn2)c(F)cc1F. The van der Waals surface area contributed by atoms with Gasteiger partial charge in [-0.2, -0.15) is 5.10 Å². The Labute approximate surface area is 130 Å². The van der Waals surface area contributed by atoms with Gasteiger partial charge in [0.2, 0.25) is 0 Å². The second-order valence-corrected chi connectivity index (χ2v) is 4.91. The van der Waals surface area contributed by atoms with Crippen LogP contribution in [0.4, 0.5) is 14.5 Å². The number of benzene rings is 1. The van der Waals surface area contributed by atoms with Crippen molar-refractivity contribution in [1.29, 1.82) is 0 Å². The molecular weight excluding hydrogens is 302 g/mol. The van der Waals surface area contributed by atoms with Gasteiger partial charge in [-0.05, 0) is 30.7 Å². The lowest BCUT2D eigenvalue weighted by Crippen LogP contribution is -2.14. The second kappa shape index (κ2) is 5.96. The topological polar surface area (TPSA) is 70.7 Å². The van der Waals surface area contributed by atoms with Gasteiger partial charge in [-0.1, -0.05) is 6.07 Å². The number of aryl methyl sites for hydroxylation is 1. The van der Waals surface area contributed by atoms with E-state index in [4.69, 9.17) is 0 Å². The maximum Gasteiger partial charge on any atom is 0.258 e. The van der Waals surface area contributed by atoms with Gasteiger partial charge in [-0.15, -0.1) is 0 Å². The fourth-order valence-electron chi connectivity index (χ4n) is 2.11. The van der Waals surface area contributed by atoms with Crippen LogP contribution in [0.15, 0.2) is 42.7 Å². The normalized spacial score (nSPS) is 10.6. The van der Waals surface area contributed by atoms with Crippen molar-refractivity contribution in [1.82, 2.24) is 15.2 Å². The van der Waals surface area contributed by atoms with Gasteiger partial charge in [0, 0.05) is 12.3 Å². The molecule has 0 saturated heterocycles. The molecule has 0 fully saturated rings. The van der Waals surface area contributed by atoms with Crippen molar-refractivity contribution in [3.63, 3.8) is 0 Å². The van der Waals surface area contributed by atoms with E-state index in [0.717, 1.165) is 0 Å². The minimum Gasteiger partial charge on any atom is -0.319 e. The van der Waals surface area contributed by atoms with Crippen LogP contribution >= 0.6 is 0 Å². The number of carbonyl (C=O) groups excluding carboxylic acids is 1. The van der Waals surface area contributed by atoms with E-state index < -0.39 is 17.5 Å². The Morgan fingerprint density at radius 1 is 1.22 bits per heavy atom. The zero-order valence-electron chi connectivity index (χ0n) is 12.1. The van der Waals surface area contributed by atoms with Crippen molar-refractivity contribution >= 4 is 11.6 Å². The first-order valence-electron chi connectivity index (χ1n) is 6.78. The molecular formula is C16H12F2N4O. The van der Waals surface area contributed by atoms with Crippen LogP contribution in [-0.2, 0) is 0 Å². The predicted octanol–water partition coefficient (Wildman–Crippen LogP) is 3.31. The summed E-state index contributed by atoms with van der Waals surface area (Å²) in [6, 6.07) is 7.15. The van der Waals surface area contributed by atoms with Crippen LogP contribution in [0.1, 0.15) is 15.9 Å². The lowest BCUT2D eigenvalue weighted by Gasteiger charge is -2.08. The highest BCUT2D eigenvalue weighted by atomic mass is 19.1. The quantitative estimate of drug-likeness (QED) is 0.779. The van der Waals surface area contributed by atoms with Gasteiger partial charge < -0.3 is 5.32 Å². The molecule has 0 radical (unpaired) electrons. The summed E-state index contributed by atoms with van der Waals surface area (Å²) in [7, 11) is 0. The summed E-state index contributed by atoms with van der Waals surface area (Å²) in [5, 5.41) is 9.16. The van der Waals surface area contributed by atoms with Gasteiger partial charge in [0.1, 0.15) is 17.3 Å². The fraction of sp³-hybridized carbons (Fsp3) is 0.0625.